The molecule has 4 rings (SSSR count). The Hall–Kier alpha value is -0.700. The van der Waals surface area contributed by atoms with Crippen molar-refractivity contribution in [3.05, 3.63) is 0 Å². The molecule has 7 atom stereocenters. The maximum absolute atomic E-state index is 12.9. The van der Waals surface area contributed by atoms with Gasteiger partial charge >= 0.3 is 0 Å². The molecule has 146 valence electrons. The summed E-state index contributed by atoms with van der Waals surface area (Å²) in [5.41, 5.74) is 0.254. The first-order valence-electron chi connectivity index (χ1n) is 11.2. The van der Waals surface area contributed by atoms with Crippen molar-refractivity contribution in [2.45, 2.75) is 85.1 Å². The standard InChI is InChI=1S/C23H37NO2/c1-5-24(6-2)21-18-8-7-15-16-9-10-20(26)23(16,4)13-11-17(15)22(18,3)14-12-19(21)25/h15-18,21H,5-14H2,1-4H3/t15-,16-,17-,18-,21-,22+,23-/m0/s1. The van der Waals surface area contributed by atoms with Gasteiger partial charge in [0.2, 0.25) is 0 Å². The summed E-state index contributed by atoms with van der Waals surface area (Å²) < 4.78 is 0. The van der Waals surface area contributed by atoms with Crippen molar-refractivity contribution >= 4 is 11.6 Å². The highest BCUT2D eigenvalue weighted by Gasteiger charge is 2.62. The number of likely N-dealkylation sites (N-methyl/N-ethyl adjacent to an activating group) is 1. The molecule has 0 heterocycles. The van der Waals surface area contributed by atoms with E-state index in [2.05, 4.69) is 32.6 Å². The van der Waals surface area contributed by atoms with Crippen LogP contribution in [0.25, 0.3) is 0 Å². The molecule has 4 aliphatic carbocycles. The van der Waals surface area contributed by atoms with Crippen LogP contribution in [0.3, 0.4) is 0 Å². The van der Waals surface area contributed by atoms with Gasteiger partial charge in [-0.25, -0.2) is 0 Å². The lowest BCUT2D eigenvalue weighted by Crippen LogP contribution is -2.61. The lowest BCUT2D eigenvalue weighted by molar-refractivity contribution is -0.155. The zero-order valence-corrected chi connectivity index (χ0v) is 17.2. The second-order valence-corrected chi connectivity index (χ2v) is 10.1. The molecule has 0 unspecified atom stereocenters. The summed E-state index contributed by atoms with van der Waals surface area (Å²) in [5, 5.41) is 0. The zero-order valence-electron chi connectivity index (χ0n) is 17.2. The van der Waals surface area contributed by atoms with Crippen molar-refractivity contribution in [1.82, 2.24) is 4.90 Å². The Labute approximate surface area is 159 Å². The molecule has 0 spiro atoms. The third-order valence-electron chi connectivity index (χ3n) is 9.48. The van der Waals surface area contributed by atoms with Crippen molar-refractivity contribution in [1.29, 1.82) is 0 Å². The normalized spacial score (nSPS) is 48.3. The van der Waals surface area contributed by atoms with Crippen LogP contribution in [0.5, 0.6) is 0 Å². The lowest BCUT2D eigenvalue weighted by Gasteiger charge is -2.61. The van der Waals surface area contributed by atoms with E-state index >= 15 is 0 Å². The Morgan fingerprint density at radius 2 is 1.62 bits per heavy atom. The van der Waals surface area contributed by atoms with Gasteiger partial charge in [0.05, 0.1) is 6.04 Å². The lowest BCUT2D eigenvalue weighted by atomic mass is 9.44. The maximum atomic E-state index is 12.9. The van der Waals surface area contributed by atoms with E-state index in [0.717, 1.165) is 51.1 Å². The smallest absolute Gasteiger partial charge is 0.150 e. The molecule has 3 heteroatoms. The fourth-order valence-electron chi connectivity index (χ4n) is 7.99. The minimum absolute atomic E-state index is 0.0346. The Morgan fingerprint density at radius 3 is 2.31 bits per heavy atom. The van der Waals surface area contributed by atoms with Gasteiger partial charge in [-0.15, -0.1) is 0 Å². The molecule has 0 aromatic heterocycles. The van der Waals surface area contributed by atoms with Crippen molar-refractivity contribution in [2.75, 3.05) is 13.1 Å². The summed E-state index contributed by atoms with van der Waals surface area (Å²) in [4.78, 5) is 27.9. The summed E-state index contributed by atoms with van der Waals surface area (Å²) in [7, 11) is 0. The second-order valence-electron chi connectivity index (χ2n) is 10.1. The minimum Gasteiger partial charge on any atom is -0.299 e. The first kappa shape index (κ1) is 18.7. The molecule has 0 aliphatic heterocycles. The highest BCUT2D eigenvalue weighted by atomic mass is 16.1. The molecule has 0 radical (unpaired) electrons. The van der Waals surface area contributed by atoms with Crippen molar-refractivity contribution in [3.8, 4) is 0 Å². The predicted molar refractivity (Wildman–Crippen MR) is 104 cm³/mol. The predicted octanol–water partition coefficient (Wildman–Crippen LogP) is 4.49. The molecule has 0 aromatic carbocycles. The van der Waals surface area contributed by atoms with Crippen LogP contribution >= 0.6 is 0 Å². The Kier molecular flexibility index (Phi) is 4.61. The van der Waals surface area contributed by atoms with Crippen LogP contribution in [-0.4, -0.2) is 35.6 Å². The van der Waals surface area contributed by atoms with Gasteiger partial charge in [-0.1, -0.05) is 27.7 Å². The number of ketones is 2. The van der Waals surface area contributed by atoms with E-state index in [-0.39, 0.29) is 16.9 Å². The van der Waals surface area contributed by atoms with Gasteiger partial charge in [-0.05, 0) is 80.7 Å². The van der Waals surface area contributed by atoms with E-state index in [1.165, 1.54) is 19.3 Å². The van der Waals surface area contributed by atoms with Gasteiger partial charge in [0.25, 0.3) is 0 Å². The van der Waals surface area contributed by atoms with E-state index in [9.17, 15) is 9.59 Å². The van der Waals surface area contributed by atoms with Crippen LogP contribution in [0.1, 0.15) is 79.1 Å². The first-order valence-corrected chi connectivity index (χ1v) is 11.2. The molecule has 4 fully saturated rings. The van der Waals surface area contributed by atoms with E-state index in [1.54, 1.807) is 0 Å². The number of carbonyl (C=O) groups is 2. The van der Waals surface area contributed by atoms with Crippen LogP contribution in [0.2, 0.25) is 0 Å². The molecule has 0 bridgehead atoms. The summed E-state index contributed by atoms with van der Waals surface area (Å²) in [6, 6.07) is 0.142. The molecule has 4 aliphatic rings. The monoisotopic (exact) mass is 359 g/mol. The van der Waals surface area contributed by atoms with Crippen molar-refractivity contribution in [3.63, 3.8) is 0 Å². The molecule has 3 nitrogen and oxygen atoms in total. The average Bonchev–Trinajstić information content (AvgIpc) is 2.93. The summed E-state index contributed by atoms with van der Waals surface area (Å²) >= 11 is 0. The summed E-state index contributed by atoms with van der Waals surface area (Å²) in [6.07, 6.45) is 8.49. The molecule has 0 saturated heterocycles. The molecular weight excluding hydrogens is 322 g/mol. The SMILES string of the molecule is CCN(CC)[C@@H]1C(=O)CC[C@]2(C)[C@H]3CC[C@]4(C)C(=O)CC[C@H]4[C@@H]3CC[C@@H]12. The molecule has 0 amide bonds. The van der Waals surface area contributed by atoms with E-state index in [0.29, 0.717) is 29.3 Å². The average molecular weight is 360 g/mol. The van der Waals surface area contributed by atoms with Gasteiger partial charge in [0.1, 0.15) is 11.6 Å². The van der Waals surface area contributed by atoms with Gasteiger partial charge in [0, 0.05) is 18.3 Å². The molecule has 26 heavy (non-hydrogen) atoms. The molecular formula is C23H37NO2. The van der Waals surface area contributed by atoms with Crippen LogP contribution in [0.4, 0.5) is 0 Å². The van der Waals surface area contributed by atoms with E-state index in [4.69, 9.17) is 0 Å². The molecule has 0 aromatic rings. The Bertz CT molecular complexity index is 597. The molecule has 0 N–H and O–H groups in total. The minimum atomic E-state index is -0.0346. The number of Topliss-reactive ketones (excluding diaryl/α,β-unsaturated/α-hetero) is 2. The first-order chi connectivity index (χ1) is 12.4. The fourth-order valence-corrected chi connectivity index (χ4v) is 7.99. The van der Waals surface area contributed by atoms with Crippen LogP contribution < -0.4 is 0 Å². The number of fused-ring (bicyclic) bond motifs is 5. The fraction of sp³-hybridized carbons (Fsp3) is 0.913. The van der Waals surface area contributed by atoms with Crippen LogP contribution in [-0.2, 0) is 9.59 Å². The van der Waals surface area contributed by atoms with E-state index in [1.807, 2.05) is 0 Å². The third-order valence-corrected chi connectivity index (χ3v) is 9.48. The van der Waals surface area contributed by atoms with E-state index < -0.39 is 0 Å². The Morgan fingerprint density at radius 1 is 0.885 bits per heavy atom. The van der Waals surface area contributed by atoms with Crippen LogP contribution in [0, 0.1) is 34.5 Å². The quantitative estimate of drug-likeness (QED) is 0.745. The topological polar surface area (TPSA) is 37.4 Å². The third kappa shape index (κ3) is 2.41. The zero-order chi connectivity index (χ0) is 18.7. The van der Waals surface area contributed by atoms with Crippen LogP contribution in [0.15, 0.2) is 0 Å². The van der Waals surface area contributed by atoms with Gasteiger partial charge < -0.3 is 0 Å². The van der Waals surface area contributed by atoms with Gasteiger partial charge in [0.15, 0.2) is 0 Å². The highest BCUT2D eigenvalue weighted by molar-refractivity contribution is 5.87. The number of rotatable bonds is 3. The largest absolute Gasteiger partial charge is 0.299 e. The molecule has 4 saturated carbocycles. The number of nitrogens with zero attached hydrogens (tertiary/aromatic N) is 1. The Balaban J connectivity index is 1.65. The van der Waals surface area contributed by atoms with Crippen molar-refractivity contribution in [2.24, 2.45) is 34.5 Å². The van der Waals surface area contributed by atoms with Gasteiger partial charge in [-0.2, -0.15) is 0 Å². The summed E-state index contributed by atoms with van der Waals surface area (Å²) in [5.74, 6) is 3.59. The highest BCUT2D eigenvalue weighted by Crippen LogP contribution is 2.65. The number of carbonyl (C=O) groups excluding carboxylic acids is 2. The second kappa shape index (κ2) is 6.43. The summed E-state index contributed by atoms with van der Waals surface area (Å²) in [6.45, 7) is 11.1. The number of hydrogen-bond donors (Lipinski definition) is 0. The maximum Gasteiger partial charge on any atom is 0.150 e. The number of hydrogen-bond acceptors (Lipinski definition) is 3. The van der Waals surface area contributed by atoms with Crippen molar-refractivity contribution < 1.29 is 9.59 Å². The van der Waals surface area contributed by atoms with Gasteiger partial charge in [-0.3, -0.25) is 14.5 Å².